The highest BCUT2D eigenvalue weighted by Gasteiger charge is 2.20. The van der Waals surface area contributed by atoms with Gasteiger partial charge in [0.25, 0.3) is 5.91 Å². The molecule has 2 aromatic carbocycles. The van der Waals surface area contributed by atoms with Crippen molar-refractivity contribution in [3.63, 3.8) is 0 Å². The molecular weight excluding hydrogens is 326 g/mol. The highest BCUT2D eigenvalue weighted by Crippen LogP contribution is 2.24. The number of benzene rings is 2. The summed E-state index contributed by atoms with van der Waals surface area (Å²) in [6.07, 6.45) is 0. The van der Waals surface area contributed by atoms with Crippen molar-refractivity contribution in [1.29, 1.82) is 0 Å². The second-order valence-electron chi connectivity index (χ2n) is 6.30. The lowest BCUT2D eigenvalue weighted by molar-refractivity contribution is 0.0934. The van der Waals surface area contributed by atoms with Gasteiger partial charge >= 0.3 is 0 Å². The van der Waals surface area contributed by atoms with Crippen LogP contribution in [-0.4, -0.2) is 37.6 Å². The maximum absolute atomic E-state index is 12.7. The zero-order valence-corrected chi connectivity index (χ0v) is 16.1. The molecule has 2 rings (SSSR count). The van der Waals surface area contributed by atoms with Gasteiger partial charge in [-0.15, -0.1) is 0 Å². The molecule has 0 spiro atoms. The summed E-state index contributed by atoms with van der Waals surface area (Å²) in [4.78, 5) is 15.0. The molecule has 2 aromatic rings. The fraction of sp³-hybridized carbons (Fsp3) is 0.381. The summed E-state index contributed by atoms with van der Waals surface area (Å²) in [5.74, 6) is 0.715. The third-order valence-electron chi connectivity index (χ3n) is 4.69. The maximum Gasteiger partial charge on any atom is 0.251 e. The molecule has 0 aliphatic rings. The van der Waals surface area contributed by atoms with Gasteiger partial charge < -0.3 is 15.8 Å². The average Bonchev–Trinajstić information content (AvgIpc) is 2.66. The quantitative estimate of drug-likeness (QED) is 0.712. The summed E-state index contributed by atoms with van der Waals surface area (Å²) in [5.41, 5.74) is 9.08. The van der Waals surface area contributed by atoms with Gasteiger partial charge in [0.1, 0.15) is 5.75 Å². The van der Waals surface area contributed by atoms with E-state index in [9.17, 15) is 4.79 Å². The Hall–Kier alpha value is -2.53. The molecule has 0 saturated heterocycles. The minimum absolute atomic E-state index is 0.0745. The van der Waals surface area contributed by atoms with Gasteiger partial charge in [0.2, 0.25) is 0 Å². The van der Waals surface area contributed by atoms with Crippen molar-refractivity contribution in [3.05, 3.63) is 59.2 Å². The van der Waals surface area contributed by atoms with E-state index in [1.54, 1.807) is 19.2 Å². The van der Waals surface area contributed by atoms with Crippen LogP contribution in [0.2, 0.25) is 0 Å². The summed E-state index contributed by atoms with van der Waals surface area (Å²) in [7, 11) is 1.66. The molecule has 140 valence electrons. The Morgan fingerprint density at radius 2 is 1.92 bits per heavy atom. The highest BCUT2D eigenvalue weighted by molar-refractivity contribution is 5.96. The number of nitrogens with two attached hydrogens (primary N) is 1. The van der Waals surface area contributed by atoms with Crippen LogP contribution in [0.4, 0.5) is 5.69 Å². The van der Waals surface area contributed by atoms with E-state index < -0.39 is 0 Å². The van der Waals surface area contributed by atoms with Gasteiger partial charge in [-0.3, -0.25) is 9.69 Å². The minimum Gasteiger partial charge on any atom is -0.497 e. The normalized spacial score (nSPS) is 12.0. The van der Waals surface area contributed by atoms with E-state index in [1.165, 1.54) is 0 Å². The zero-order valence-electron chi connectivity index (χ0n) is 16.1. The first-order valence-electron chi connectivity index (χ1n) is 9.02. The predicted molar refractivity (Wildman–Crippen MR) is 107 cm³/mol. The lowest BCUT2D eigenvalue weighted by Gasteiger charge is -2.30. The summed E-state index contributed by atoms with van der Waals surface area (Å²) in [6, 6.07) is 13.5. The van der Waals surface area contributed by atoms with E-state index in [0.29, 0.717) is 17.8 Å². The van der Waals surface area contributed by atoms with E-state index in [2.05, 4.69) is 30.1 Å². The molecule has 0 aromatic heterocycles. The molecule has 26 heavy (non-hydrogen) atoms. The molecule has 0 heterocycles. The van der Waals surface area contributed by atoms with Crippen molar-refractivity contribution in [1.82, 2.24) is 10.2 Å². The number of carbonyl (C=O) groups is 1. The predicted octanol–water partition coefficient (Wildman–Crippen LogP) is 3.40. The molecular formula is C21H29N3O2. The largest absolute Gasteiger partial charge is 0.497 e. The molecule has 0 aliphatic heterocycles. The zero-order chi connectivity index (χ0) is 19.1. The Kier molecular flexibility index (Phi) is 7.04. The van der Waals surface area contributed by atoms with Crippen LogP contribution in [0.15, 0.2) is 42.5 Å². The maximum atomic E-state index is 12.7. The molecule has 5 heteroatoms. The first kappa shape index (κ1) is 19.8. The second kappa shape index (κ2) is 9.25. The van der Waals surface area contributed by atoms with Gasteiger partial charge in [-0.1, -0.05) is 32.0 Å². The van der Waals surface area contributed by atoms with Gasteiger partial charge in [0.05, 0.1) is 13.2 Å². The van der Waals surface area contributed by atoms with Crippen LogP contribution < -0.4 is 15.8 Å². The molecule has 1 amide bonds. The van der Waals surface area contributed by atoms with Crippen LogP contribution in [0.1, 0.15) is 41.4 Å². The smallest absolute Gasteiger partial charge is 0.251 e. The molecule has 0 fully saturated rings. The Bertz CT molecular complexity index is 742. The number of anilines is 1. The van der Waals surface area contributed by atoms with Gasteiger partial charge in [0.15, 0.2) is 0 Å². The third kappa shape index (κ3) is 4.76. The Morgan fingerprint density at radius 1 is 1.19 bits per heavy atom. The highest BCUT2D eigenvalue weighted by atomic mass is 16.5. The molecule has 0 aliphatic carbocycles. The standard InChI is InChI=1S/C21H29N3O2/c1-5-24(6-2)20(16-8-7-9-18(12-16)26-4)14-23-21(25)19-13-17(22)11-10-15(19)3/h7-13,20H,5-6,14,22H2,1-4H3,(H,23,25). The number of hydrogen-bond acceptors (Lipinski definition) is 4. The van der Waals surface area contributed by atoms with Gasteiger partial charge in [-0.25, -0.2) is 0 Å². The van der Waals surface area contributed by atoms with E-state index in [4.69, 9.17) is 10.5 Å². The number of ether oxygens (including phenoxy) is 1. The number of methoxy groups -OCH3 is 1. The van der Waals surface area contributed by atoms with E-state index in [1.807, 2.05) is 31.2 Å². The van der Waals surface area contributed by atoms with E-state index >= 15 is 0 Å². The lowest BCUT2D eigenvalue weighted by atomic mass is 10.0. The van der Waals surface area contributed by atoms with Crippen molar-refractivity contribution in [2.75, 3.05) is 32.5 Å². The third-order valence-corrected chi connectivity index (χ3v) is 4.69. The van der Waals surface area contributed by atoms with Crippen LogP contribution in [-0.2, 0) is 0 Å². The van der Waals surface area contributed by atoms with Crippen LogP contribution in [0.25, 0.3) is 0 Å². The average molecular weight is 355 g/mol. The molecule has 5 nitrogen and oxygen atoms in total. The number of nitrogens with one attached hydrogen (secondary N) is 1. The monoisotopic (exact) mass is 355 g/mol. The first-order valence-corrected chi connectivity index (χ1v) is 9.02. The summed E-state index contributed by atoms with van der Waals surface area (Å²) in [6.45, 7) is 8.47. The second-order valence-corrected chi connectivity index (χ2v) is 6.30. The molecule has 1 unspecified atom stereocenters. The molecule has 0 saturated carbocycles. The van der Waals surface area contributed by atoms with E-state index in [-0.39, 0.29) is 11.9 Å². The SMILES string of the molecule is CCN(CC)C(CNC(=O)c1cc(N)ccc1C)c1cccc(OC)c1. The molecule has 3 N–H and O–H groups in total. The summed E-state index contributed by atoms with van der Waals surface area (Å²) in [5, 5.41) is 3.08. The van der Waals surface area contributed by atoms with Gasteiger partial charge in [0, 0.05) is 17.8 Å². The van der Waals surface area contributed by atoms with Crippen LogP contribution in [0.5, 0.6) is 5.75 Å². The van der Waals surface area contributed by atoms with Gasteiger partial charge in [-0.05, 0) is 55.4 Å². The van der Waals surface area contributed by atoms with Crippen molar-refractivity contribution in [2.45, 2.75) is 26.8 Å². The van der Waals surface area contributed by atoms with E-state index in [0.717, 1.165) is 30.0 Å². The van der Waals surface area contributed by atoms with Crippen LogP contribution in [0.3, 0.4) is 0 Å². The lowest BCUT2D eigenvalue weighted by Crippen LogP contribution is -2.38. The fourth-order valence-corrected chi connectivity index (χ4v) is 3.14. The van der Waals surface area contributed by atoms with Crippen molar-refractivity contribution in [2.24, 2.45) is 0 Å². The molecule has 0 bridgehead atoms. The number of carbonyl (C=O) groups excluding carboxylic acids is 1. The number of nitrogens with zero attached hydrogens (tertiary/aromatic N) is 1. The molecule has 1 atom stereocenters. The van der Waals surface area contributed by atoms with Crippen molar-refractivity contribution in [3.8, 4) is 5.75 Å². The first-order chi connectivity index (χ1) is 12.5. The Balaban J connectivity index is 2.21. The topological polar surface area (TPSA) is 67.6 Å². The number of likely N-dealkylation sites (N-methyl/N-ethyl adjacent to an activating group) is 1. The summed E-state index contributed by atoms with van der Waals surface area (Å²) >= 11 is 0. The fourth-order valence-electron chi connectivity index (χ4n) is 3.14. The number of aryl methyl sites for hydroxylation is 1. The Labute approximate surface area is 156 Å². The number of nitrogen functional groups attached to an aromatic ring is 1. The van der Waals surface area contributed by atoms with Crippen LogP contribution in [0, 0.1) is 6.92 Å². The number of hydrogen-bond donors (Lipinski definition) is 2. The van der Waals surface area contributed by atoms with Crippen molar-refractivity contribution >= 4 is 11.6 Å². The minimum atomic E-state index is -0.102. The number of amides is 1. The van der Waals surface area contributed by atoms with Gasteiger partial charge in [-0.2, -0.15) is 0 Å². The van der Waals surface area contributed by atoms with Crippen LogP contribution >= 0.6 is 0 Å². The van der Waals surface area contributed by atoms with Crippen molar-refractivity contribution < 1.29 is 9.53 Å². The Morgan fingerprint density at radius 3 is 2.58 bits per heavy atom. The summed E-state index contributed by atoms with van der Waals surface area (Å²) < 4.78 is 5.36. The number of rotatable bonds is 8. The molecule has 0 radical (unpaired) electrons.